The van der Waals surface area contributed by atoms with Crippen LogP contribution >= 0.6 is 0 Å². The van der Waals surface area contributed by atoms with Gasteiger partial charge in [0.05, 0.1) is 23.8 Å². The number of rotatable bonds is 6. The van der Waals surface area contributed by atoms with Crippen LogP contribution in [0.3, 0.4) is 0 Å². The second-order valence-electron chi connectivity index (χ2n) is 7.95. The van der Waals surface area contributed by atoms with Gasteiger partial charge in [0.15, 0.2) is 0 Å². The summed E-state index contributed by atoms with van der Waals surface area (Å²) in [6.07, 6.45) is 0.552. The van der Waals surface area contributed by atoms with E-state index in [1.165, 1.54) is 5.56 Å². The van der Waals surface area contributed by atoms with Gasteiger partial charge in [-0.3, -0.25) is 9.69 Å². The van der Waals surface area contributed by atoms with E-state index in [0.29, 0.717) is 12.3 Å². The van der Waals surface area contributed by atoms with Gasteiger partial charge in [0.2, 0.25) is 5.91 Å². The largest absolute Gasteiger partial charge is 0.373 e. The minimum absolute atomic E-state index is 0.0187. The van der Waals surface area contributed by atoms with Crippen molar-refractivity contribution >= 4 is 5.91 Å². The van der Waals surface area contributed by atoms with Crippen LogP contribution in [0.2, 0.25) is 0 Å². The number of aryl methyl sites for hydroxylation is 2. The Morgan fingerprint density at radius 3 is 2.36 bits per heavy atom. The lowest BCUT2D eigenvalue weighted by Crippen LogP contribution is -2.44. The standard InChI is InChI=1S/C22H31N3O3/c1-14-11-25(12-15(2)27-14)13-20-8-6-19(7-9-20)10-23-22(26)16(3)21-17(4)24-28-18(21)5/h6-9,14-16H,10-13H2,1-5H3,(H,23,26). The number of hydrogen-bond donors (Lipinski definition) is 1. The molecule has 1 aliphatic rings. The molecule has 2 heterocycles. The van der Waals surface area contributed by atoms with Gasteiger partial charge in [0.1, 0.15) is 5.76 Å². The van der Waals surface area contributed by atoms with Crippen molar-refractivity contribution in [1.29, 1.82) is 0 Å². The van der Waals surface area contributed by atoms with Gasteiger partial charge in [-0.25, -0.2) is 0 Å². The Hall–Kier alpha value is -2.18. The maximum Gasteiger partial charge on any atom is 0.227 e. The van der Waals surface area contributed by atoms with Gasteiger partial charge in [0, 0.05) is 31.7 Å². The number of benzene rings is 1. The normalized spacial score (nSPS) is 21.5. The van der Waals surface area contributed by atoms with Crippen molar-refractivity contribution in [1.82, 2.24) is 15.4 Å². The van der Waals surface area contributed by atoms with Gasteiger partial charge >= 0.3 is 0 Å². The molecule has 1 fully saturated rings. The van der Waals surface area contributed by atoms with E-state index < -0.39 is 0 Å². The number of carbonyl (C=O) groups is 1. The molecular weight excluding hydrogens is 354 g/mol. The highest BCUT2D eigenvalue weighted by atomic mass is 16.5. The third-order valence-corrected chi connectivity index (χ3v) is 5.31. The SMILES string of the molecule is Cc1noc(C)c1C(C)C(=O)NCc1ccc(CN2CC(C)OC(C)C2)cc1. The van der Waals surface area contributed by atoms with Crippen LogP contribution in [-0.4, -0.2) is 41.3 Å². The van der Waals surface area contributed by atoms with E-state index in [9.17, 15) is 4.79 Å². The molecular formula is C22H31N3O3. The molecule has 2 aromatic rings. The van der Waals surface area contributed by atoms with Crippen molar-refractivity contribution in [2.24, 2.45) is 0 Å². The molecule has 1 amide bonds. The van der Waals surface area contributed by atoms with Gasteiger partial charge in [0.25, 0.3) is 0 Å². The van der Waals surface area contributed by atoms with Crippen molar-refractivity contribution in [2.45, 2.75) is 65.8 Å². The summed E-state index contributed by atoms with van der Waals surface area (Å²) >= 11 is 0. The molecule has 0 bridgehead atoms. The van der Waals surface area contributed by atoms with Crippen LogP contribution in [0.5, 0.6) is 0 Å². The summed E-state index contributed by atoms with van der Waals surface area (Å²) in [5, 5.41) is 6.96. The molecule has 0 aliphatic carbocycles. The highest BCUT2D eigenvalue weighted by Gasteiger charge is 2.23. The van der Waals surface area contributed by atoms with E-state index in [2.05, 4.69) is 53.5 Å². The first-order valence-electron chi connectivity index (χ1n) is 9.99. The van der Waals surface area contributed by atoms with Crippen LogP contribution in [0.1, 0.15) is 54.8 Å². The topological polar surface area (TPSA) is 67.6 Å². The van der Waals surface area contributed by atoms with Gasteiger partial charge in [-0.1, -0.05) is 29.4 Å². The Bertz CT molecular complexity index is 770. The molecule has 1 saturated heterocycles. The molecule has 28 heavy (non-hydrogen) atoms. The van der Waals surface area contributed by atoms with Crippen LogP contribution in [0.25, 0.3) is 0 Å². The summed E-state index contributed by atoms with van der Waals surface area (Å²) in [5.41, 5.74) is 4.02. The molecule has 1 N–H and O–H groups in total. The molecule has 0 saturated carbocycles. The number of ether oxygens (including phenoxy) is 1. The average molecular weight is 386 g/mol. The van der Waals surface area contributed by atoms with Crippen LogP contribution in [0, 0.1) is 13.8 Å². The van der Waals surface area contributed by atoms with Gasteiger partial charge in [-0.05, 0) is 45.7 Å². The Balaban J connectivity index is 1.52. The molecule has 6 heteroatoms. The highest BCUT2D eigenvalue weighted by molar-refractivity contribution is 5.83. The number of morpholine rings is 1. The van der Waals surface area contributed by atoms with Crippen LogP contribution < -0.4 is 5.32 Å². The maximum absolute atomic E-state index is 12.5. The van der Waals surface area contributed by atoms with E-state index in [1.54, 1.807) is 0 Å². The molecule has 6 nitrogen and oxygen atoms in total. The van der Waals surface area contributed by atoms with Crippen molar-refractivity contribution in [3.8, 4) is 0 Å². The van der Waals surface area contributed by atoms with E-state index in [1.807, 2.05) is 20.8 Å². The number of amides is 1. The fraction of sp³-hybridized carbons (Fsp3) is 0.545. The summed E-state index contributed by atoms with van der Waals surface area (Å²) in [6.45, 7) is 13.2. The molecule has 3 atom stereocenters. The minimum atomic E-state index is -0.282. The first-order valence-corrected chi connectivity index (χ1v) is 9.99. The number of carbonyl (C=O) groups excluding carboxylic acids is 1. The minimum Gasteiger partial charge on any atom is -0.373 e. The number of aromatic nitrogens is 1. The van der Waals surface area contributed by atoms with Crippen molar-refractivity contribution < 1.29 is 14.1 Å². The summed E-state index contributed by atoms with van der Waals surface area (Å²) in [5.74, 6) is 0.404. The molecule has 0 spiro atoms. The predicted molar refractivity (Wildman–Crippen MR) is 108 cm³/mol. The molecule has 1 aromatic carbocycles. The molecule has 0 radical (unpaired) electrons. The summed E-state index contributed by atoms with van der Waals surface area (Å²) in [7, 11) is 0. The van der Waals surface area contributed by atoms with Crippen molar-refractivity contribution in [3.05, 3.63) is 52.4 Å². The van der Waals surface area contributed by atoms with Gasteiger partial charge in [-0.2, -0.15) is 0 Å². The zero-order valence-corrected chi connectivity index (χ0v) is 17.5. The molecule has 1 aromatic heterocycles. The second kappa shape index (κ2) is 8.88. The Morgan fingerprint density at radius 2 is 1.79 bits per heavy atom. The summed E-state index contributed by atoms with van der Waals surface area (Å²) in [4.78, 5) is 14.9. The molecule has 3 unspecified atom stereocenters. The van der Waals surface area contributed by atoms with Gasteiger partial charge in [-0.15, -0.1) is 0 Å². The summed E-state index contributed by atoms with van der Waals surface area (Å²) in [6, 6.07) is 8.46. The fourth-order valence-electron chi connectivity index (χ4n) is 4.02. The molecule has 152 valence electrons. The van der Waals surface area contributed by atoms with E-state index in [-0.39, 0.29) is 24.0 Å². The van der Waals surface area contributed by atoms with Crippen molar-refractivity contribution in [3.63, 3.8) is 0 Å². The maximum atomic E-state index is 12.5. The summed E-state index contributed by atoms with van der Waals surface area (Å²) < 4.78 is 11.0. The smallest absolute Gasteiger partial charge is 0.227 e. The predicted octanol–water partition coefficient (Wildman–Crippen LogP) is 3.32. The molecule has 3 rings (SSSR count). The average Bonchev–Trinajstić information content (AvgIpc) is 2.98. The first kappa shape index (κ1) is 20.6. The Morgan fingerprint density at radius 1 is 1.18 bits per heavy atom. The molecule has 1 aliphatic heterocycles. The lowest BCUT2D eigenvalue weighted by molar-refractivity contribution is -0.122. The third kappa shape index (κ3) is 5.00. The first-order chi connectivity index (χ1) is 13.3. The van der Waals surface area contributed by atoms with Gasteiger partial charge < -0.3 is 14.6 Å². The Kier molecular flexibility index (Phi) is 6.52. The fourth-order valence-corrected chi connectivity index (χ4v) is 4.02. The quantitative estimate of drug-likeness (QED) is 0.826. The monoisotopic (exact) mass is 385 g/mol. The van der Waals surface area contributed by atoms with Crippen molar-refractivity contribution in [2.75, 3.05) is 13.1 Å². The lowest BCUT2D eigenvalue weighted by atomic mass is 9.98. The second-order valence-corrected chi connectivity index (χ2v) is 7.95. The van der Waals surface area contributed by atoms with E-state index in [4.69, 9.17) is 9.26 Å². The van der Waals surface area contributed by atoms with E-state index >= 15 is 0 Å². The lowest BCUT2D eigenvalue weighted by Gasteiger charge is -2.35. The third-order valence-electron chi connectivity index (χ3n) is 5.31. The number of nitrogens with zero attached hydrogens (tertiary/aromatic N) is 2. The zero-order chi connectivity index (χ0) is 20.3. The number of nitrogens with one attached hydrogen (secondary N) is 1. The van der Waals surface area contributed by atoms with Crippen LogP contribution in [-0.2, 0) is 22.6 Å². The Labute approximate surface area is 167 Å². The van der Waals surface area contributed by atoms with Crippen LogP contribution in [0.4, 0.5) is 0 Å². The number of hydrogen-bond acceptors (Lipinski definition) is 5. The van der Waals surface area contributed by atoms with E-state index in [0.717, 1.165) is 36.5 Å². The highest BCUT2D eigenvalue weighted by Crippen LogP contribution is 2.23. The van der Waals surface area contributed by atoms with Crippen LogP contribution in [0.15, 0.2) is 28.8 Å². The zero-order valence-electron chi connectivity index (χ0n) is 17.5.